The van der Waals surface area contributed by atoms with Crippen LogP contribution in [0.25, 0.3) is 0 Å². The van der Waals surface area contributed by atoms with Crippen LogP contribution in [0.2, 0.25) is 0 Å². The van der Waals surface area contributed by atoms with Gasteiger partial charge in [-0.3, -0.25) is 9.69 Å². The van der Waals surface area contributed by atoms with Crippen LogP contribution < -0.4 is 5.32 Å². The van der Waals surface area contributed by atoms with E-state index < -0.39 is 0 Å². The zero-order chi connectivity index (χ0) is 13.7. The molecule has 0 radical (unpaired) electrons. The van der Waals surface area contributed by atoms with Crippen LogP contribution in [0.3, 0.4) is 0 Å². The summed E-state index contributed by atoms with van der Waals surface area (Å²) in [6.45, 7) is 7.10. The minimum absolute atomic E-state index is 0. The van der Waals surface area contributed by atoms with Gasteiger partial charge in [-0.15, -0.1) is 24.8 Å². The maximum Gasteiger partial charge on any atom is 0.240 e. The molecule has 1 aliphatic heterocycles. The van der Waals surface area contributed by atoms with Crippen molar-refractivity contribution in [2.45, 2.75) is 32.7 Å². The molecule has 0 aliphatic carbocycles. The van der Waals surface area contributed by atoms with E-state index in [0.717, 1.165) is 26.1 Å². The van der Waals surface area contributed by atoms with Gasteiger partial charge >= 0.3 is 0 Å². The Kier molecular flexibility index (Phi) is 11.9. The maximum absolute atomic E-state index is 12.6. The molecule has 6 heteroatoms. The van der Waals surface area contributed by atoms with Gasteiger partial charge in [0.25, 0.3) is 0 Å². The number of hydrogen-bond acceptors (Lipinski definition) is 3. The van der Waals surface area contributed by atoms with Crippen LogP contribution >= 0.6 is 24.8 Å². The largest absolute Gasteiger partial charge is 0.341 e. The molecule has 1 heterocycles. The third-order valence-corrected chi connectivity index (χ3v) is 3.76. The third kappa shape index (κ3) is 6.17. The van der Waals surface area contributed by atoms with Gasteiger partial charge in [0.05, 0.1) is 6.04 Å². The van der Waals surface area contributed by atoms with E-state index >= 15 is 0 Å². The van der Waals surface area contributed by atoms with Gasteiger partial charge in [-0.05, 0) is 52.4 Å². The Labute approximate surface area is 136 Å². The van der Waals surface area contributed by atoms with E-state index in [2.05, 4.69) is 29.0 Å². The molecule has 1 fully saturated rings. The Balaban J connectivity index is 0. The van der Waals surface area contributed by atoms with Crippen molar-refractivity contribution >= 4 is 30.7 Å². The monoisotopic (exact) mass is 327 g/mol. The van der Waals surface area contributed by atoms with Gasteiger partial charge in [0.1, 0.15) is 0 Å². The fourth-order valence-electron chi connectivity index (χ4n) is 3.01. The first-order valence-electron chi connectivity index (χ1n) is 7.07. The normalized spacial score (nSPS) is 20.4. The quantitative estimate of drug-likeness (QED) is 0.837. The summed E-state index contributed by atoms with van der Waals surface area (Å²) in [6, 6.07) is 0.0123. The number of nitrogens with one attached hydrogen (secondary N) is 1. The van der Waals surface area contributed by atoms with Gasteiger partial charge in [0.2, 0.25) is 5.91 Å². The molecule has 0 aromatic heterocycles. The summed E-state index contributed by atoms with van der Waals surface area (Å²) in [5.41, 5.74) is 0. The number of carbonyl (C=O) groups excluding carboxylic acids is 1. The van der Waals surface area contributed by atoms with Crippen LogP contribution in [0, 0.1) is 11.8 Å². The van der Waals surface area contributed by atoms with Crippen molar-refractivity contribution in [1.29, 1.82) is 0 Å². The van der Waals surface area contributed by atoms with E-state index in [4.69, 9.17) is 0 Å². The lowest BCUT2D eigenvalue weighted by molar-refractivity contribution is -0.139. The minimum Gasteiger partial charge on any atom is -0.341 e. The Bertz CT molecular complexity index is 265. The molecular formula is C14H31Cl2N3O. The number of piperidine rings is 1. The summed E-state index contributed by atoms with van der Waals surface area (Å²) in [5.74, 6) is 1.27. The number of rotatable bonds is 5. The highest BCUT2D eigenvalue weighted by Crippen LogP contribution is 2.19. The molecule has 122 valence electrons. The van der Waals surface area contributed by atoms with Crippen LogP contribution in [0.5, 0.6) is 0 Å². The average Bonchev–Trinajstić information content (AvgIpc) is 2.28. The minimum atomic E-state index is 0. The van der Waals surface area contributed by atoms with E-state index in [9.17, 15) is 4.79 Å². The molecule has 1 N–H and O–H groups in total. The molecule has 0 aromatic rings. The zero-order valence-corrected chi connectivity index (χ0v) is 15.0. The summed E-state index contributed by atoms with van der Waals surface area (Å²) in [5, 5.41) is 3.22. The van der Waals surface area contributed by atoms with E-state index in [1.165, 1.54) is 6.42 Å². The van der Waals surface area contributed by atoms with Gasteiger partial charge in [-0.2, -0.15) is 0 Å². The SMILES string of the molecule is CNCC1CCCN(C(=O)C(C(C)C)N(C)C)C1.Cl.Cl. The molecule has 1 saturated heterocycles. The number of likely N-dealkylation sites (N-methyl/N-ethyl adjacent to an activating group) is 1. The van der Waals surface area contributed by atoms with Gasteiger partial charge in [-0.25, -0.2) is 0 Å². The van der Waals surface area contributed by atoms with Gasteiger partial charge in [0, 0.05) is 13.1 Å². The van der Waals surface area contributed by atoms with Crippen molar-refractivity contribution < 1.29 is 4.79 Å². The van der Waals surface area contributed by atoms with Crippen molar-refractivity contribution in [2.24, 2.45) is 11.8 Å². The highest BCUT2D eigenvalue weighted by Gasteiger charge is 2.31. The highest BCUT2D eigenvalue weighted by atomic mass is 35.5. The number of nitrogens with zero attached hydrogens (tertiary/aromatic N) is 2. The average molecular weight is 328 g/mol. The smallest absolute Gasteiger partial charge is 0.240 e. The number of likely N-dealkylation sites (tertiary alicyclic amines) is 1. The van der Waals surface area contributed by atoms with Crippen molar-refractivity contribution in [1.82, 2.24) is 15.1 Å². The van der Waals surface area contributed by atoms with Crippen molar-refractivity contribution in [3.8, 4) is 0 Å². The second kappa shape index (κ2) is 10.7. The van der Waals surface area contributed by atoms with Gasteiger partial charge in [0.15, 0.2) is 0 Å². The second-order valence-electron chi connectivity index (χ2n) is 6.00. The van der Waals surface area contributed by atoms with E-state index in [0.29, 0.717) is 17.7 Å². The van der Waals surface area contributed by atoms with Crippen LogP contribution in [0.1, 0.15) is 26.7 Å². The van der Waals surface area contributed by atoms with E-state index in [-0.39, 0.29) is 30.9 Å². The number of hydrogen-bond donors (Lipinski definition) is 1. The van der Waals surface area contributed by atoms with Crippen LogP contribution in [0.15, 0.2) is 0 Å². The van der Waals surface area contributed by atoms with Crippen molar-refractivity contribution in [3.63, 3.8) is 0 Å². The Morgan fingerprint density at radius 3 is 2.40 bits per heavy atom. The predicted octanol–water partition coefficient (Wildman–Crippen LogP) is 1.87. The van der Waals surface area contributed by atoms with Gasteiger partial charge in [-0.1, -0.05) is 13.8 Å². The maximum atomic E-state index is 12.6. The molecule has 4 nitrogen and oxygen atoms in total. The second-order valence-corrected chi connectivity index (χ2v) is 6.00. The van der Waals surface area contributed by atoms with Gasteiger partial charge < -0.3 is 10.2 Å². The Morgan fingerprint density at radius 2 is 1.95 bits per heavy atom. The molecular weight excluding hydrogens is 297 g/mol. The van der Waals surface area contributed by atoms with Crippen molar-refractivity contribution in [3.05, 3.63) is 0 Å². The molecule has 20 heavy (non-hydrogen) atoms. The highest BCUT2D eigenvalue weighted by molar-refractivity contribution is 5.85. The molecule has 0 aromatic carbocycles. The summed E-state index contributed by atoms with van der Waals surface area (Å²) in [4.78, 5) is 16.7. The molecule has 0 bridgehead atoms. The molecule has 0 saturated carbocycles. The topological polar surface area (TPSA) is 35.6 Å². The lowest BCUT2D eigenvalue weighted by atomic mass is 9.95. The lowest BCUT2D eigenvalue weighted by Crippen LogP contribution is -2.52. The molecule has 2 atom stereocenters. The zero-order valence-electron chi connectivity index (χ0n) is 13.4. The number of carbonyl (C=O) groups is 1. The molecule has 1 amide bonds. The lowest BCUT2D eigenvalue weighted by Gasteiger charge is -2.37. The van der Waals surface area contributed by atoms with E-state index in [1.54, 1.807) is 0 Å². The summed E-state index contributed by atoms with van der Waals surface area (Å²) in [7, 11) is 5.98. The summed E-state index contributed by atoms with van der Waals surface area (Å²) >= 11 is 0. The fraction of sp³-hybridized carbons (Fsp3) is 0.929. The summed E-state index contributed by atoms with van der Waals surface area (Å²) < 4.78 is 0. The summed E-state index contributed by atoms with van der Waals surface area (Å²) in [6.07, 6.45) is 2.37. The molecule has 1 rings (SSSR count). The molecule has 2 unspecified atom stereocenters. The standard InChI is InChI=1S/C14H29N3O.2ClH/c1-11(2)13(16(4)5)14(18)17-8-6-7-12(10-17)9-15-3;;/h11-13,15H,6-10H2,1-5H3;2*1H. The van der Waals surface area contributed by atoms with Crippen LogP contribution in [-0.2, 0) is 4.79 Å². The van der Waals surface area contributed by atoms with E-state index in [1.807, 2.05) is 21.1 Å². The Hall–Kier alpha value is -0.0300. The van der Waals surface area contributed by atoms with Crippen LogP contribution in [0.4, 0.5) is 0 Å². The first-order chi connectivity index (χ1) is 8.47. The fourth-order valence-corrected chi connectivity index (χ4v) is 3.01. The number of amides is 1. The first kappa shape index (κ1) is 22.3. The molecule has 0 spiro atoms. The van der Waals surface area contributed by atoms with Crippen molar-refractivity contribution in [2.75, 3.05) is 40.8 Å². The number of halogens is 2. The predicted molar refractivity (Wildman–Crippen MR) is 90.0 cm³/mol. The first-order valence-corrected chi connectivity index (χ1v) is 7.07. The molecule has 1 aliphatic rings. The Morgan fingerprint density at radius 1 is 1.35 bits per heavy atom. The third-order valence-electron chi connectivity index (χ3n) is 3.76. The van der Waals surface area contributed by atoms with Crippen LogP contribution in [-0.4, -0.2) is 62.5 Å².